The number of hydrogen-bond donors (Lipinski definition) is 1. The van der Waals surface area contributed by atoms with Gasteiger partial charge in [-0.2, -0.15) is 0 Å². The van der Waals surface area contributed by atoms with Gasteiger partial charge in [0.2, 0.25) is 0 Å². The Balaban J connectivity index is 1.03. The van der Waals surface area contributed by atoms with Gasteiger partial charge >= 0.3 is 0 Å². The summed E-state index contributed by atoms with van der Waals surface area (Å²) in [5, 5.41) is 4.27. The number of aromatic nitrogens is 4. The zero-order valence-electron chi connectivity index (χ0n) is 29.2. The molecule has 2 fully saturated rings. The summed E-state index contributed by atoms with van der Waals surface area (Å²) < 4.78 is 87.1. The summed E-state index contributed by atoms with van der Waals surface area (Å²) >= 11 is 0. The number of rotatable bonds is 17. The molecule has 0 amide bonds. The van der Waals surface area contributed by atoms with Crippen molar-refractivity contribution in [2.75, 3.05) is 18.5 Å². The largest absolute Gasteiger partial charge is 0.778 e. The van der Waals surface area contributed by atoms with Crippen molar-refractivity contribution in [2.24, 2.45) is 0 Å². The van der Waals surface area contributed by atoms with Crippen molar-refractivity contribution in [3.8, 4) is 0 Å². The Morgan fingerprint density at radius 1 is 0.786 bits per heavy atom. The fourth-order valence-electron chi connectivity index (χ4n) is 6.36. The second-order valence-electron chi connectivity index (χ2n) is 12.6. The molecule has 0 bridgehead atoms. The van der Waals surface area contributed by atoms with Crippen molar-refractivity contribution in [3.63, 3.8) is 0 Å². The lowest BCUT2D eigenvalue weighted by molar-refractivity contribution is -0.251. The molecule has 5 aromatic rings. The molecule has 56 heavy (non-hydrogen) atoms. The number of phosphoric ester groups is 1. The first-order chi connectivity index (χ1) is 26.6. The van der Waals surface area contributed by atoms with Gasteiger partial charge in [-0.1, -0.05) is 79.7 Å². The van der Waals surface area contributed by atoms with E-state index in [0.717, 1.165) is 12.0 Å². The maximum atomic E-state index is 12.8. The van der Waals surface area contributed by atoms with Gasteiger partial charge in [-0.25, -0.2) is 23.6 Å². The molecule has 0 saturated carbocycles. The summed E-state index contributed by atoms with van der Waals surface area (Å²) in [6.45, 7) is 1.69. The van der Waals surface area contributed by atoms with Crippen LogP contribution in [0.4, 0.5) is 5.82 Å². The van der Waals surface area contributed by atoms with Crippen molar-refractivity contribution in [1.29, 1.82) is 0 Å². The number of phosphoric acid groups is 3. The molecule has 2 saturated heterocycles. The molecule has 2 aromatic heterocycles. The molecule has 2 aliphatic rings. The normalized spacial score (nSPS) is 25.3. The van der Waals surface area contributed by atoms with Gasteiger partial charge in [-0.3, -0.25) is 22.6 Å². The van der Waals surface area contributed by atoms with E-state index in [9.17, 15) is 37.8 Å². The van der Waals surface area contributed by atoms with Gasteiger partial charge in [-0.15, -0.1) is 0 Å². The summed E-state index contributed by atoms with van der Waals surface area (Å²) in [6.07, 6.45) is -2.00. The highest BCUT2D eigenvalue weighted by Gasteiger charge is 2.54. The molecule has 24 heteroatoms. The van der Waals surface area contributed by atoms with Crippen molar-refractivity contribution < 1.29 is 69.5 Å². The minimum atomic E-state index is -6.41. The Morgan fingerprint density at radius 2 is 1.48 bits per heavy atom. The van der Waals surface area contributed by atoms with Crippen molar-refractivity contribution in [1.82, 2.24) is 19.5 Å². The predicted molar refractivity (Wildman–Crippen MR) is 189 cm³/mol. The molecule has 0 spiro atoms. The average molecular weight is 852 g/mol. The summed E-state index contributed by atoms with van der Waals surface area (Å²) in [4.78, 5) is 63.4. The van der Waals surface area contributed by atoms with E-state index in [1.807, 2.05) is 37.3 Å². The summed E-state index contributed by atoms with van der Waals surface area (Å²) in [5.74, 6) is 0.472. The Hall–Kier alpha value is -3.25. The average Bonchev–Trinajstić information content (AvgIpc) is 3.83. The van der Waals surface area contributed by atoms with Crippen molar-refractivity contribution >= 4 is 58.8 Å². The number of nitrogens with zero attached hydrogens (tertiary/aromatic N) is 4. The Labute approximate surface area is 319 Å². The number of hydrogen-bond acceptors (Lipinski definition) is 19. The van der Waals surface area contributed by atoms with E-state index in [1.54, 1.807) is 34.9 Å². The van der Waals surface area contributed by atoms with Crippen molar-refractivity contribution in [2.45, 2.75) is 56.8 Å². The quantitative estimate of drug-likeness (QED) is 0.131. The Morgan fingerprint density at radius 3 is 2.27 bits per heavy atom. The van der Waals surface area contributed by atoms with Crippen LogP contribution in [0.3, 0.4) is 0 Å². The van der Waals surface area contributed by atoms with Crippen LogP contribution in [0, 0.1) is 0 Å². The first-order valence-corrected chi connectivity index (χ1v) is 23.1. The second-order valence-corrected chi connectivity index (χ2v) is 19.1. The number of benzene rings is 3. The topological polar surface area (TPSA) is 281 Å². The van der Waals surface area contributed by atoms with Crippen LogP contribution < -0.4 is 24.9 Å². The fourth-order valence-corrected chi connectivity index (χ4v) is 11.8. The first kappa shape index (κ1) is 40.9. The maximum absolute atomic E-state index is 12.8. The van der Waals surface area contributed by atoms with Gasteiger partial charge in [0, 0.05) is 19.1 Å². The summed E-state index contributed by atoms with van der Waals surface area (Å²) in [5.41, 5.74) is 1.79. The van der Waals surface area contributed by atoms with Crippen LogP contribution in [0.25, 0.3) is 21.9 Å². The number of nitrogens with one attached hydrogen (secondary N) is 1. The molecule has 20 nitrogen and oxygen atoms in total. The maximum Gasteiger partial charge on any atom is 0.280 e. The molecule has 0 aliphatic carbocycles. The standard InChI is InChI=1S/C32H37N5O15P4/c1-2-15-33-30-27-31(35-19-34-30)37(20-36-27)32-29-28(48-26(49-29)16-21-9-4-3-5-10-21)25(47-32)17-46-54(40,41)51-56(44,45)52-55(42,43)50-53(38,39)18-23-13-8-12-22-11-6-7-14-24(22)23/h3-14,19-20,25-26,28-29,32H,2,15-18H2,1H3,(H,38,39)(H,40,41)(H,42,43)(H,44,45)(H,33,34,35)/p-4/t25-,26?,28+,29?,32-/m1/s1. The molecule has 7 rings (SSSR count). The summed E-state index contributed by atoms with van der Waals surface area (Å²) in [6, 6.07) is 20.5. The molecule has 1 N–H and O–H groups in total. The van der Waals surface area contributed by atoms with Crippen molar-refractivity contribution in [3.05, 3.63) is 96.6 Å². The molecule has 6 unspecified atom stereocenters. The van der Waals surface area contributed by atoms with Crippen LogP contribution in [0.15, 0.2) is 85.5 Å². The van der Waals surface area contributed by atoms with Gasteiger partial charge in [-0.05, 0) is 28.3 Å². The lowest BCUT2D eigenvalue weighted by Gasteiger charge is -2.37. The highest BCUT2D eigenvalue weighted by atomic mass is 31.3. The van der Waals surface area contributed by atoms with E-state index in [1.165, 1.54) is 24.8 Å². The zero-order valence-corrected chi connectivity index (χ0v) is 32.8. The zero-order chi connectivity index (χ0) is 39.7. The Kier molecular flexibility index (Phi) is 12.1. The van der Waals surface area contributed by atoms with E-state index < -0.39 is 74.7 Å². The van der Waals surface area contributed by atoms with Crippen LogP contribution in [0.5, 0.6) is 0 Å². The van der Waals surface area contributed by atoms with Gasteiger partial charge < -0.3 is 48.2 Å². The monoisotopic (exact) mass is 851 g/mol. The van der Waals surface area contributed by atoms with Crippen LogP contribution in [0.1, 0.15) is 30.7 Å². The van der Waals surface area contributed by atoms with Crippen LogP contribution >= 0.6 is 31.1 Å². The highest BCUT2D eigenvalue weighted by Crippen LogP contribution is 2.67. The minimum Gasteiger partial charge on any atom is -0.778 e. The molecule has 300 valence electrons. The van der Waals surface area contributed by atoms with E-state index in [-0.39, 0.29) is 5.56 Å². The lowest BCUT2D eigenvalue weighted by atomic mass is 10.1. The Bertz CT molecular complexity index is 2380. The number of anilines is 1. The molecule has 4 heterocycles. The van der Waals surface area contributed by atoms with Gasteiger partial charge in [0.1, 0.15) is 32.2 Å². The van der Waals surface area contributed by atoms with Crippen LogP contribution in [-0.4, -0.2) is 57.3 Å². The third kappa shape index (κ3) is 9.71. The predicted octanol–water partition coefficient (Wildman–Crippen LogP) is 3.28. The smallest absolute Gasteiger partial charge is 0.280 e. The second kappa shape index (κ2) is 16.5. The van der Waals surface area contributed by atoms with Gasteiger partial charge in [0.05, 0.1) is 12.9 Å². The number of ether oxygens (including phenoxy) is 3. The first-order valence-electron chi connectivity index (χ1n) is 17.0. The van der Waals surface area contributed by atoms with E-state index >= 15 is 0 Å². The molecular weight excluding hydrogens is 818 g/mol. The SMILES string of the molecule is CCCNc1ncnc2c1ncn2[C@@H]1O[C@H](COP(=O)([O-])OP(=O)([O-])OP(=O)([O-])OP(=O)([O-])Cc2cccc3ccccc23)[C@@H]2OC(Cc3ccccc3)OC21. The van der Waals surface area contributed by atoms with E-state index in [2.05, 4.69) is 33.2 Å². The third-order valence-corrected chi connectivity index (χ3v) is 14.8. The van der Waals surface area contributed by atoms with Crippen LogP contribution in [-0.2, 0) is 62.5 Å². The van der Waals surface area contributed by atoms with Gasteiger partial charge in [0.15, 0.2) is 29.5 Å². The molecule has 3 aromatic carbocycles. The molecule has 9 atom stereocenters. The lowest BCUT2D eigenvalue weighted by Crippen LogP contribution is -2.32. The summed E-state index contributed by atoms with van der Waals surface area (Å²) in [7, 11) is -24.1. The number of fused-ring (bicyclic) bond motifs is 3. The third-order valence-electron chi connectivity index (χ3n) is 8.59. The minimum absolute atomic E-state index is 0.144. The van der Waals surface area contributed by atoms with Crippen LogP contribution in [0.2, 0.25) is 0 Å². The number of imidazole rings is 1. The van der Waals surface area contributed by atoms with Gasteiger partial charge in [0.25, 0.3) is 23.5 Å². The molecular formula is C32H33N5O15P4-4. The van der Waals surface area contributed by atoms with E-state index in [4.69, 9.17) is 18.7 Å². The highest BCUT2D eigenvalue weighted by molar-refractivity contribution is 7.69. The van der Waals surface area contributed by atoms with E-state index in [0.29, 0.717) is 40.7 Å². The molecule has 2 aliphatic heterocycles. The molecule has 0 radical (unpaired) electrons. The fraction of sp³-hybridized carbons (Fsp3) is 0.344.